The van der Waals surface area contributed by atoms with E-state index in [-0.39, 0.29) is 57.7 Å². The molecule has 8 aromatic rings. The number of aliphatic hydroxyl groups is 2. The number of hydrogen-bond donors (Lipinski definition) is 8. The lowest BCUT2D eigenvalue weighted by Gasteiger charge is -2.23. The summed E-state index contributed by atoms with van der Waals surface area (Å²) in [5.41, 5.74) is 14.0. The number of hydrogen-bond acceptors (Lipinski definition) is 24. The quantitative estimate of drug-likeness (QED) is 0.0891. The van der Waals surface area contributed by atoms with Crippen molar-refractivity contribution in [1.82, 2.24) is 61.1 Å². The molecule has 3 aliphatic heterocycles. The second-order valence-electron chi connectivity index (χ2n) is 20.0. The Morgan fingerprint density at radius 2 is 1.42 bits per heavy atom. The van der Waals surface area contributed by atoms with Crippen LogP contribution in [0.3, 0.4) is 0 Å². The smallest absolute Gasteiger partial charge is 0.271 e. The first-order valence-electron chi connectivity index (χ1n) is 26.3. The Balaban J connectivity index is 0.965. The monoisotopic (exact) mass is 1260 g/mol. The number of aryl methyl sites for hydroxylation is 1. The molecule has 6 atom stereocenters. The number of pyridine rings is 1. The normalized spacial score (nSPS) is 19.8. The first-order chi connectivity index (χ1) is 40.9. The largest absolute Gasteiger partial charge is 0.473 e. The number of nitrogens with one attached hydrogen (secondary N) is 4. The van der Waals surface area contributed by atoms with E-state index in [0.29, 0.717) is 88.9 Å². The second kappa shape index (κ2) is 24.8. The number of carbonyl (C=O) groups excluding carboxylic acids is 7. The number of aliphatic hydroxyl groups excluding tert-OH is 2. The second-order valence-corrected chi connectivity index (χ2v) is 25.9. The summed E-state index contributed by atoms with van der Waals surface area (Å²) in [6.07, 6.45) is -0.549. The highest BCUT2D eigenvalue weighted by Gasteiger charge is 2.39. The molecule has 10 heterocycles. The number of nitrogens with two attached hydrogens (primary N) is 2. The third-order valence-electron chi connectivity index (χ3n) is 13.9. The maximum Gasteiger partial charge on any atom is 0.271 e. The number of aliphatic imine (C=N–C) groups is 1. The summed E-state index contributed by atoms with van der Waals surface area (Å²) < 4.78 is 5.88. The van der Waals surface area contributed by atoms with Crippen molar-refractivity contribution >= 4 is 115 Å². The van der Waals surface area contributed by atoms with Gasteiger partial charge in [-0.05, 0) is 43.4 Å². The van der Waals surface area contributed by atoms with Gasteiger partial charge in [-0.2, -0.15) is 0 Å². The molecule has 438 valence electrons. The van der Waals surface area contributed by atoms with Crippen LogP contribution in [0, 0.1) is 12.8 Å². The van der Waals surface area contributed by atoms with Gasteiger partial charge in [0.1, 0.15) is 94.7 Å². The van der Waals surface area contributed by atoms with E-state index in [9.17, 15) is 43.8 Å². The van der Waals surface area contributed by atoms with Crippen LogP contribution in [0.4, 0.5) is 0 Å². The van der Waals surface area contributed by atoms with E-state index in [1.54, 1.807) is 70.9 Å². The Labute approximate surface area is 507 Å². The Kier molecular flexibility index (Phi) is 17.1. The Morgan fingerprint density at radius 3 is 2.18 bits per heavy atom. The van der Waals surface area contributed by atoms with E-state index in [0.717, 1.165) is 34.0 Å². The number of carbonyl (C=O) groups is 7. The fourth-order valence-corrected chi connectivity index (χ4v) is 15.1. The highest BCUT2D eigenvalue weighted by Crippen LogP contribution is 2.40. The fraction of sp³-hybridized carbons (Fsp3) is 0.315. The number of thiazole rings is 6. The number of aromatic nitrogens is 7. The maximum atomic E-state index is 14.2. The minimum absolute atomic E-state index is 0.00376. The van der Waals surface area contributed by atoms with Crippen molar-refractivity contribution in [1.29, 1.82) is 0 Å². The average molecular weight is 1260 g/mol. The van der Waals surface area contributed by atoms with Crippen LogP contribution >= 0.6 is 68.0 Å². The molecule has 3 aliphatic rings. The number of primary amides is 2. The van der Waals surface area contributed by atoms with Crippen LogP contribution in [0.15, 0.2) is 69.0 Å². The zero-order chi connectivity index (χ0) is 59.8. The highest BCUT2D eigenvalue weighted by molar-refractivity contribution is 7.15. The molecule has 7 amide bonds. The van der Waals surface area contributed by atoms with Crippen molar-refractivity contribution in [2.75, 3.05) is 19.7 Å². The van der Waals surface area contributed by atoms with Gasteiger partial charge in [0.05, 0.1) is 42.2 Å². The average Bonchev–Trinajstić information content (AvgIpc) is 2.90. The third-order valence-corrected chi connectivity index (χ3v) is 19.6. The standard InChI is InChI=1S/C54H51N15O10S6/c1-22(2)37-53-68-40(34(16-70)85-53)45(76)57-15-36(72)65-41(42(73)24-8-5-4-6-9-24)52-64-32(21-83-52)50-61-29(18-81-50)39-25(48-62-30(19-80-48)44(75)59-27(14-35(55)71)51-67-38(23(3)84-51)46(77)66-37)11-12-26(58-39)49-63-31(20-82-49)47-60-28(17-79-47)54(78)69-13-7-10-33(69)43(56)74/h4-6,8-9,11-12,18-22,27-28,33,37,41-42,70,73H,7,10,13-17H2,1-3H3,(H2,55,71)(H2,56,74)(H,57,76)(H,59,75)(H,65,72)(H,66,77). The Morgan fingerprint density at radius 1 is 0.718 bits per heavy atom. The van der Waals surface area contributed by atoms with Crippen molar-refractivity contribution in [3.05, 3.63) is 117 Å². The predicted molar refractivity (Wildman–Crippen MR) is 317 cm³/mol. The van der Waals surface area contributed by atoms with E-state index < -0.39 is 84.9 Å². The van der Waals surface area contributed by atoms with Gasteiger partial charge in [0.2, 0.25) is 23.6 Å². The van der Waals surface area contributed by atoms with Crippen LogP contribution in [0.25, 0.3) is 43.4 Å². The number of nitrogens with zero attached hydrogens (tertiary/aromatic N) is 9. The summed E-state index contributed by atoms with van der Waals surface area (Å²) in [6, 6.07) is 7.62. The Bertz CT molecular complexity index is 3940. The molecule has 10 bridgehead atoms. The molecule has 1 saturated heterocycles. The van der Waals surface area contributed by atoms with Crippen molar-refractivity contribution in [3.63, 3.8) is 0 Å². The molecular formula is C54H51N15O10S6. The van der Waals surface area contributed by atoms with Gasteiger partial charge in [-0.15, -0.1) is 68.0 Å². The lowest BCUT2D eigenvalue weighted by atomic mass is 10.0. The van der Waals surface area contributed by atoms with Crippen LogP contribution < -0.4 is 32.7 Å². The van der Waals surface area contributed by atoms with E-state index in [4.69, 9.17) is 41.1 Å². The summed E-state index contributed by atoms with van der Waals surface area (Å²) in [4.78, 5) is 134. The molecule has 85 heavy (non-hydrogen) atoms. The minimum atomic E-state index is -1.30. The molecule has 1 fully saturated rings. The predicted octanol–water partition coefficient (Wildman–Crippen LogP) is 5.02. The van der Waals surface area contributed by atoms with E-state index in [1.807, 2.05) is 13.8 Å². The molecule has 6 unspecified atom stereocenters. The van der Waals surface area contributed by atoms with E-state index in [1.165, 1.54) is 38.9 Å². The van der Waals surface area contributed by atoms with Crippen LogP contribution in [-0.2, 0) is 30.5 Å². The summed E-state index contributed by atoms with van der Waals surface area (Å²) >= 11 is 6.90. The molecule has 0 spiro atoms. The zero-order valence-electron chi connectivity index (χ0n) is 45.1. The summed E-state index contributed by atoms with van der Waals surface area (Å²) in [5, 5.41) is 42.4. The lowest BCUT2D eigenvalue weighted by molar-refractivity contribution is -0.138. The topological polar surface area (TPSA) is 375 Å². The summed E-state index contributed by atoms with van der Waals surface area (Å²) in [7, 11) is 0. The SMILES string of the molecule is Cc1sc2nc1C(=O)NC(C(C)C)c1nc(c(CO)s1)C(=O)NCC(=O)NC(C(O)c1ccccc1)c1nc(cs1)-c1nc(cs1)-c1nc(-c3nc(C4=NC(C(=O)N5CCCC5C(N)=O)CO4)cs3)ccc1-c1nc(cs1)C(=O)NC2CC(N)=O. The first-order valence-corrected chi connectivity index (χ1v) is 31.5. The van der Waals surface area contributed by atoms with Gasteiger partial charge in [-0.25, -0.2) is 39.9 Å². The van der Waals surface area contributed by atoms with Gasteiger partial charge in [0, 0.05) is 38.5 Å². The van der Waals surface area contributed by atoms with Crippen molar-refractivity contribution in [2.45, 2.75) is 83.0 Å². The molecule has 25 nitrogen and oxygen atoms in total. The number of likely N-dealkylation sites (tertiary alicyclic amines) is 1. The van der Waals surface area contributed by atoms with Crippen molar-refractivity contribution < 1.29 is 48.5 Å². The number of rotatable bonds is 10. The number of amides is 7. The first kappa shape index (κ1) is 58.6. The molecule has 0 radical (unpaired) electrons. The number of fused-ring (bicyclic) bond motifs is 14. The van der Waals surface area contributed by atoms with Crippen LogP contribution in [0.2, 0.25) is 0 Å². The zero-order valence-corrected chi connectivity index (χ0v) is 50.0. The molecule has 11 rings (SSSR count). The van der Waals surface area contributed by atoms with Gasteiger partial charge >= 0.3 is 0 Å². The van der Waals surface area contributed by atoms with Gasteiger partial charge in [0.25, 0.3) is 23.6 Å². The van der Waals surface area contributed by atoms with Crippen LogP contribution in [-0.4, -0.2) is 129 Å². The third kappa shape index (κ3) is 12.4. The molecule has 10 N–H and O–H groups in total. The maximum absolute atomic E-state index is 14.2. The molecule has 1 aromatic carbocycles. The molecular weight excluding hydrogens is 1210 g/mol. The van der Waals surface area contributed by atoms with Gasteiger partial charge < -0.3 is 52.6 Å². The van der Waals surface area contributed by atoms with Crippen molar-refractivity contribution in [2.24, 2.45) is 22.4 Å². The van der Waals surface area contributed by atoms with Gasteiger partial charge in [0.15, 0.2) is 6.04 Å². The van der Waals surface area contributed by atoms with Gasteiger partial charge in [-0.1, -0.05) is 44.2 Å². The number of benzene rings is 1. The highest BCUT2D eigenvalue weighted by atomic mass is 32.1. The van der Waals surface area contributed by atoms with Gasteiger partial charge in [-0.3, -0.25) is 33.6 Å². The fourth-order valence-electron chi connectivity index (χ4n) is 9.63. The molecule has 0 aliphatic carbocycles. The van der Waals surface area contributed by atoms with Crippen LogP contribution in [0.1, 0.15) is 125 Å². The Hall–Kier alpha value is -8.17. The molecule has 7 aromatic heterocycles. The minimum Gasteiger partial charge on any atom is -0.473 e. The van der Waals surface area contributed by atoms with E-state index >= 15 is 0 Å². The van der Waals surface area contributed by atoms with E-state index in [2.05, 4.69) is 36.2 Å². The number of ether oxygens (including phenoxy) is 1. The van der Waals surface area contributed by atoms with Crippen LogP contribution in [0.5, 0.6) is 0 Å². The summed E-state index contributed by atoms with van der Waals surface area (Å²) in [5.74, 6) is -4.56. The lowest BCUT2D eigenvalue weighted by Crippen LogP contribution is -2.47. The van der Waals surface area contributed by atoms with Crippen molar-refractivity contribution in [3.8, 4) is 43.4 Å². The summed E-state index contributed by atoms with van der Waals surface area (Å²) in [6.45, 7) is 4.53. The molecule has 31 heteroatoms. The molecule has 0 saturated carbocycles.